The Kier molecular flexibility index (Phi) is 28.7. The molecule has 0 aliphatic carbocycles. The quantitative estimate of drug-likeness (QED) is 0.0772. The number of carbonyl (C=O) groups is 3. The van der Waals surface area contributed by atoms with E-state index in [0.29, 0.717) is 0 Å². The van der Waals surface area contributed by atoms with E-state index in [1.165, 1.54) is 128 Å². The van der Waals surface area contributed by atoms with E-state index >= 15 is 0 Å². The number of ether oxygens (including phenoxy) is 1. The number of rotatable bonds is 27. The summed E-state index contributed by atoms with van der Waals surface area (Å²) in [7, 11) is 0. The van der Waals surface area contributed by atoms with Crippen molar-refractivity contribution in [1.29, 1.82) is 0 Å². The van der Waals surface area contributed by atoms with Gasteiger partial charge in [-0.25, -0.2) is 4.79 Å². The topological polar surface area (TPSA) is 141 Å². The van der Waals surface area contributed by atoms with Crippen LogP contribution in [-0.4, -0.2) is 57.1 Å². The molecule has 38 heavy (non-hydrogen) atoms. The Morgan fingerprint density at radius 2 is 0.763 bits per heavy atom. The largest absolute Gasteiger partial charge is 0.481 e. The summed E-state index contributed by atoms with van der Waals surface area (Å²) in [6.45, 7) is 6.57. The van der Waals surface area contributed by atoms with Gasteiger partial charge in [0.2, 0.25) is 0 Å². The van der Waals surface area contributed by atoms with Crippen molar-refractivity contribution in [2.75, 3.05) is 13.2 Å². The van der Waals surface area contributed by atoms with Crippen LogP contribution in [0.15, 0.2) is 0 Å². The Hall–Kier alpha value is -1.67. The number of hydrogen-bond acceptors (Lipinski definition) is 5. The fourth-order valence-electron chi connectivity index (χ4n) is 4.20. The van der Waals surface area contributed by atoms with Gasteiger partial charge in [0.25, 0.3) is 0 Å². The Morgan fingerprint density at radius 3 is 1.00 bits per heavy atom. The van der Waals surface area contributed by atoms with Crippen molar-refractivity contribution in [3.8, 4) is 0 Å². The average Bonchev–Trinajstić information content (AvgIpc) is 2.84. The van der Waals surface area contributed by atoms with Crippen LogP contribution in [0.4, 0.5) is 0 Å². The maximum absolute atomic E-state index is 10.3. The molecule has 0 heterocycles. The summed E-state index contributed by atoms with van der Waals surface area (Å²) in [6.07, 6.45) is 25.9. The fourth-order valence-corrected chi connectivity index (χ4v) is 4.20. The second kappa shape index (κ2) is 28.3. The van der Waals surface area contributed by atoms with Crippen molar-refractivity contribution >= 4 is 17.9 Å². The van der Waals surface area contributed by atoms with Gasteiger partial charge in [-0.3, -0.25) is 9.59 Å². The number of unbranched alkanes of at least 4 members (excludes halogenated alkanes) is 18. The lowest BCUT2D eigenvalue weighted by Crippen LogP contribution is -2.42. The summed E-state index contributed by atoms with van der Waals surface area (Å²) >= 11 is 0. The molecule has 4 N–H and O–H groups in total. The van der Waals surface area contributed by atoms with Gasteiger partial charge in [-0.05, 0) is 12.8 Å². The number of aliphatic hydroxyl groups is 1. The molecule has 0 rings (SSSR count). The molecule has 0 aromatic carbocycles. The Bertz CT molecular complexity index is 526. The number of carboxylic acids is 3. The van der Waals surface area contributed by atoms with Gasteiger partial charge in [0, 0.05) is 13.2 Å². The van der Waals surface area contributed by atoms with Crippen LogP contribution in [0.1, 0.15) is 155 Å². The minimum absolute atomic E-state index is 0.994. The smallest absolute Gasteiger partial charge is 0.336 e. The number of hydrogen-bond donors (Lipinski definition) is 4. The minimum Gasteiger partial charge on any atom is -0.481 e. The normalized spacial score (nSPS) is 11.1. The second-order valence-corrected chi connectivity index (χ2v) is 10.5. The van der Waals surface area contributed by atoms with Crippen molar-refractivity contribution < 1.29 is 39.5 Å². The van der Waals surface area contributed by atoms with E-state index in [1.54, 1.807) is 0 Å². The molecule has 0 aromatic rings. The minimum atomic E-state index is -2.74. The molecule has 0 bridgehead atoms. The zero-order chi connectivity index (χ0) is 28.9. The molecule has 226 valence electrons. The molecule has 8 heteroatoms. The lowest BCUT2D eigenvalue weighted by Gasteiger charge is -2.18. The third-order valence-corrected chi connectivity index (χ3v) is 6.57. The molecule has 0 spiro atoms. The predicted molar refractivity (Wildman–Crippen MR) is 152 cm³/mol. The molecule has 8 nitrogen and oxygen atoms in total. The SMILES string of the molecule is CCCCCCCCCCCCOCCCCCCCCCCCC.O=C(O)CC(O)(CC(=O)O)C(=O)O. The van der Waals surface area contributed by atoms with Crippen molar-refractivity contribution in [1.82, 2.24) is 0 Å². The lowest BCUT2D eigenvalue weighted by atomic mass is 9.96. The first-order chi connectivity index (χ1) is 18.2. The van der Waals surface area contributed by atoms with Gasteiger partial charge in [-0.15, -0.1) is 0 Å². The van der Waals surface area contributed by atoms with E-state index < -0.39 is 36.4 Å². The molecule has 0 aliphatic heterocycles. The first-order valence-electron chi connectivity index (χ1n) is 15.2. The molecule has 0 fully saturated rings. The van der Waals surface area contributed by atoms with E-state index in [1.807, 2.05) is 0 Å². The van der Waals surface area contributed by atoms with Crippen LogP contribution in [0.5, 0.6) is 0 Å². The van der Waals surface area contributed by atoms with Crippen LogP contribution in [0.25, 0.3) is 0 Å². The van der Waals surface area contributed by atoms with E-state index in [-0.39, 0.29) is 0 Å². The molecular formula is C30H58O8. The highest BCUT2D eigenvalue weighted by atomic mass is 16.5. The van der Waals surface area contributed by atoms with Crippen LogP contribution in [0.2, 0.25) is 0 Å². The van der Waals surface area contributed by atoms with Gasteiger partial charge >= 0.3 is 17.9 Å². The number of carboxylic acid groups (broad SMARTS) is 3. The van der Waals surface area contributed by atoms with Crippen molar-refractivity contribution in [2.45, 2.75) is 161 Å². The van der Waals surface area contributed by atoms with Crippen molar-refractivity contribution in [3.63, 3.8) is 0 Å². The molecule has 0 unspecified atom stereocenters. The van der Waals surface area contributed by atoms with Gasteiger partial charge in [0.15, 0.2) is 5.60 Å². The Balaban J connectivity index is 0. The maximum atomic E-state index is 10.3. The van der Waals surface area contributed by atoms with Gasteiger partial charge in [-0.2, -0.15) is 0 Å². The molecule has 0 amide bonds. The second-order valence-electron chi connectivity index (χ2n) is 10.5. The molecule has 0 saturated heterocycles. The average molecular weight is 547 g/mol. The highest BCUT2D eigenvalue weighted by molar-refractivity contribution is 5.88. The van der Waals surface area contributed by atoms with Crippen LogP contribution in [0, 0.1) is 0 Å². The predicted octanol–water partition coefficient (Wildman–Crippen LogP) is 7.60. The van der Waals surface area contributed by atoms with E-state index in [0.717, 1.165) is 13.2 Å². The van der Waals surface area contributed by atoms with Gasteiger partial charge in [0.1, 0.15) is 0 Å². The lowest BCUT2D eigenvalue weighted by molar-refractivity contribution is -0.170. The zero-order valence-electron chi connectivity index (χ0n) is 24.4. The van der Waals surface area contributed by atoms with E-state index in [9.17, 15) is 14.4 Å². The highest BCUT2D eigenvalue weighted by Gasteiger charge is 2.40. The van der Waals surface area contributed by atoms with Crippen LogP contribution >= 0.6 is 0 Å². The number of aliphatic carboxylic acids is 3. The van der Waals surface area contributed by atoms with Crippen molar-refractivity contribution in [2.24, 2.45) is 0 Å². The third-order valence-electron chi connectivity index (χ3n) is 6.57. The monoisotopic (exact) mass is 546 g/mol. The Morgan fingerprint density at radius 1 is 0.500 bits per heavy atom. The summed E-state index contributed by atoms with van der Waals surface area (Å²) < 4.78 is 5.78. The first kappa shape index (κ1) is 38.5. The maximum Gasteiger partial charge on any atom is 0.336 e. The molecular weight excluding hydrogens is 488 g/mol. The highest BCUT2D eigenvalue weighted by Crippen LogP contribution is 2.16. The fraction of sp³-hybridized carbons (Fsp3) is 0.900. The zero-order valence-corrected chi connectivity index (χ0v) is 24.4. The first-order valence-corrected chi connectivity index (χ1v) is 15.2. The standard InChI is InChI=1S/C24H50O.C6H8O7/c1-3-5-7-9-11-13-15-17-19-21-23-25-24-22-20-18-16-14-12-10-8-6-4-2;7-3(8)1-6(13,5(11)12)2-4(9)10/h3-24H2,1-2H3;13H,1-2H2,(H,7,8)(H,9,10)(H,11,12). The van der Waals surface area contributed by atoms with Gasteiger partial charge < -0.3 is 25.2 Å². The molecule has 0 atom stereocenters. The summed E-state index contributed by atoms with van der Waals surface area (Å²) in [4.78, 5) is 30.5. The van der Waals surface area contributed by atoms with Crippen molar-refractivity contribution in [3.05, 3.63) is 0 Å². The van der Waals surface area contributed by atoms with Gasteiger partial charge in [0.05, 0.1) is 12.8 Å². The summed E-state index contributed by atoms with van der Waals surface area (Å²) in [5.74, 6) is -5.02. The third kappa shape index (κ3) is 28.9. The van der Waals surface area contributed by atoms with Crippen LogP contribution in [0.3, 0.4) is 0 Å². The van der Waals surface area contributed by atoms with Gasteiger partial charge in [-0.1, -0.05) is 129 Å². The molecule has 0 aliphatic rings. The summed E-state index contributed by atoms with van der Waals surface area (Å²) in [6, 6.07) is 0. The molecule has 0 radical (unpaired) electrons. The van der Waals surface area contributed by atoms with Crippen LogP contribution in [-0.2, 0) is 19.1 Å². The van der Waals surface area contributed by atoms with Crippen LogP contribution < -0.4 is 0 Å². The van der Waals surface area contributed by atoms with E-state index in [2.05, 4.69) is 13.8 Å². The molecule has 0 aromatic heterocycles. The summed E-state index contributed by atoms with van der Waals surface area (Å²) in [5, 5.41) is 33.8. The Labute approximate surface area is 231 Å². The van der Waals surface area contributed by atoms with E-state index in [4.69, 9.17) is 25.2 Å². The summed E-state index contributed by atoms with van der Waals surface area (Å²) in [5.41, 5.74) is -2.74. The molecule has 0 saturated carbocycles.